The Balaban J connectivity index is 1.16. The number of aryl methyl sites for hydroxylation is 4. The van der Waals surface area contributed by atoms with Crippen LogP contribution >= 0.6 is 0 Å². The molecule has 6 nitrogen and oxygen atoms in total. The second-order valence-corrected chi connectivity index (χ2v) is 8.59. The van der Waals surface area contributed by atoms with Crippen LogP contribution in [0.15, 0.2) is 67.0 Å². The molecule has 3 heterocycles. The first-order valence-corrected chi connectivity index (χ1v) is 11.8. The van der Waals surface area contributed by atoms with Gasteiger partial charge in [-0.05, 0) is 86.7 Å². The second-order valence-electron chi connectivity index (χ2n) is 8.59. The zero-order chi connectivity index (χ0) is 22.9. The van der Waals surface area contributed by atoms with Crippen molar-refractivity contribution >= 4 is 6.09 Å². The summed E-state index contributed by atoms with van der Waals surface area (Å²) in [6.45, 7) is 6.26. The molecule has 172 valence electrons. The molecule has 4 rings (SSSR count). The molecule has 0 bridgehead atoms. The lowest BCUT2D eigenvalue weighted by molar-refractivity contribution is 0.110. The van der Waals surface area contributed by atoms with Crippen LogP contribution < -0.4 is 4.74 Å². The molecule has 3 aromatic rings. The smallest absolute Gasteiger partial charge is 0.410 e. The van der Waals surface area contributed by atoms with Crippen molar-refractivity contribution in [3.8, 4) is 5.75 Å². The lowest BCUT2D eigenvalue weighted by Gasteiger charge is -2.34. The Morgan fingerprint density at radius 1 is 0.879 bits per heavy atom. The van der Waals surface area contributed by atoms with Crippen LogP contribution in [0.5, 0.6) is 5.75 Å². The van der Waals surface area contributed by atoms with E-state index in [4.69, 9.17) is 4.74 Å². The van der Waals surface area contributed by atoms with E-state index in [0.717, 1.165) is 56.7 Å². The lowest BCUT2D eigenvalue weighted by Crippen LogP contribution is -2.49. The second kappa shape index (κ2) is 11.6. The van der Waals surface area contributed by atoms with Gasteiger partial charge in [0.05, 0.1) is 0 Å². The van der Waals surface area contributed by atoms with Crippen molar-refractivity contribution in [2.75, 3.05) is 32.7 Å². The highest BCUT2D eigenvalue weighted by Gasteiger charge is 2.22. The van der Waals surface area contributed by atoms with Crippen LogP contribution in [0.2, 0.25) is 0 Å². The van der Waals surface area contributed by atoms with E-state index in [-0.39, 0.29) is 6.09 Å². The van der Waals surface area contributed by atoms with Gasteiger partial charge < -0.3 is 9.64 Å². The summed E-state index contributed by atoms with van der Waals surface area (Å²) in [4.78, 5) is 25.6. The van der Waals surface area contributed by atoms with Gasteiger partial charge in [-0.1, -0.05) is 18.2 Å². The van der Waals surface area contributed by atoms with Crippen LogP contribution in [0.1, 0.15) is 28.9 Å². The number of hydrogen-bond donors (Lipinski definition) is 0. The van der Waals surface area contributed by atoms with Gasteiger partial charge in [0.1, 0.15) is 5.75 Å². The molecule has 0 atom stereocenters. The van der Waals surface area contributed by atoms with E-state index in [0.29, 0.717) is 18.8 Å². The maximum atomic E-state index is 12.6. The van der Waals surface area contributed by atoms with Crippen LogP contribution in [-0.4, -0.2) is 58.6 Å². The van der Waals surface area contributed by atoms with E-state index in [1.807, 2.05) is 54.9 Å². The number of hydrogen-bond acceptors (Lipinski definition) is 5. The highest BCUT2D eigenvalue weighted by molar-refractivity contribution is 5.70. The molecule has 1 saturated heterocycles. The van der Waals surface area contributed by atoms with Crippen LogP contribution in [0, 0.1) is 6.92 Å². The first kappa shape index (κ1) is 22.9. The summed E-state index contributed by atoms with van der Waals surface area (Å²) in [6, 6.07) is 18.0. The maximum Gasteiger partial charge on any atom is 0.415 e. The van der Waals surface area contributed by atoms with Crippen LogP contribution in [0.4, 0.5) is 4.79 Å². The summed E-state index contributed by atoms with van der Waals surface area (Å²) < 4.78 is 5.61. The number of carbonyl (C=O) groups is 1. The highest BCUT2D eigenvalue weighted by atomic mass is 16.6. The fourth-order valence-corrected chi connectivity index (χ4v) is 4.08. The Labute approximate surface area is 196 Å². The van der Waals surface area contributed by atoms with Crippen LogP contribution in [0.25, 0.3) is 0 Å². The Kier molecular flexibility index (Phi) is 8.04. The molecular weight excluding hydrogens is 412 g/mol. The molecule has 1 aliphatic heterocycles. The summed E-state index contributed by atoms with van der Waals surface area (Å²) in [5, 5.41) is 0. The molecule has 0 N–H and O–H groups in total. The number of rotatable bonds is 8. The number of aromatic nitrogens is 2. The topological polar surface area (TPSA) is 58.6 Å². The zero-order valence-electron chi connectivity index (χ0n) is 19.3. The van der Waals surface area contributed by atoms with E-state index in [1.54, 1.807) is 4.90 Å². The normalized spacial score (nSPS) is 14.3. The molecule has 0 saturated carbocycles. The van der Waals surface area contributed by atoms with Gasteiger partial charge in [0.15, 0.2) is 0 Å². The number of piperazine rings is 1. The van der Waals surface area contributed by atoms with Gasteiger partial charge in [0.25, 0.3) is 0 Å². The minimum Gasteiger partial charge on any atom is -0.410 e. The Morgan fingerprint density at radius 2 is 1.67 bits per heavy atom. The standard InChI is InChI=1S/C27H32N4O2/c1-22-13-15-29-25(21-22)10-7-23-8-11-26(12-9-23)33-27(32)31-19-17-30(18-20-31)16-4-6-24-5-2-3-14-28-24/h2-3,5,8-9,11-15,21H,4,6-7,10,16-20H2,1H3. The summed E-state index contributed by atoms with van der Waals surface area (Å²) in [5.74, 6) is 0.593. The van der Waals surface area contributed by atoms with E-state index >= 15 is 0 Å². The molecule has 0 radical (unpaired) electrons. The van der Waals surface area contributed by atoms with Crippen LogP contribution in [-0.2, 0) is 19.3 Å². The molecule has 6 heteroatoms. The number of nitrogens with zero attached hydrogens (tertiary/aromatic N) is 4. The first-order chi connectivity index (χ1) is 16.2. The summed E-state index contributed by atoms with van der Waals surface area (Å²) in [7, 11) is 0. The van der Waals surface area contributed by atoms with E-state index in [1.165, 1.54) is 11.1 Å². The predicted molar refractivity (Wildman–Crippen MR) is 129 cm³/mol. The first-order valence-electron chi connectivity index (χ1n) is 11.8. The average Bonchev–Trinajstić information content (AvgIpc) is 2.85. The molecule has 1 aromatic carbocycles. The minimum atomic E-state index is -0.264. The van der Waals surface area contributed by atoms with E-state index in [9.17, 15) is 4.79 Å². The lowest BCUT2D eigenvalue weighted by atomic mass is 10.1. The summed E-state index contributed by atoms with van der Waals surface area (Å²) >= 11 is 0. The maximum absolute atomic E-state index is 12.6. The van der Waals surface area contributed by atoms with Crippen molar-refractivity contribution in [1.29, 1.82) is 0 Å². The van der Waals surface area contributed by atoms with E-state index in [2.05, 4.69) is 33.9 Å². The Bertz CT molecular complexity index is 1020. The zero-order valence-corrected chi connectivity index (χ0v) is 19.3. The molecule has 0 aliphatic carbocycles. The molecule has 2 aromatic heterocycles. The van der Waals surface area contributed by atoms with Gasteiger partial charge in [-0.3, -0.25) is 14.9 Å². The van der Waals surface area contributed by atoms with Gasteiger partial charge >= 0.3 is 6.09 Å². The minimum absolute atomic E-state index is 0.264. The van der Waals surface area contributed by atoms with Crippen molar-refractivity contribution in [2.24, 2.45) is 0 Å². The van der Waals surface area contributed by atoms with E-state index < -0.39 is 0 Å². The molecule has 33 heavy (non-hydrogen) atoms. The number of carbonyl (C=O) groups excluding carboxylic acids is 1. The predicted octanol–water partition coefficient (Wildman–Crippen LogP) is 4.32. The van der Waals surface area contributed by atoms with Crippen LogP contribution in [0.3, 0.4) is 0 Å². The SMILES string of the molecule is Cc1ccnc(CCc2ccc(OC(=O)N3CCN(CCCc4ccccn4)CC3)cc2)c1. The molecule has 0 unspecified atom stereocenters. The number of ether oxygens (including phenoxy) is 1. The average molecular weight is 445 g/mol. The third kappa shape index (κ3) is 7.12. The summed E-state index contributed by atoms with van der Waals surface area (Å²) in [5.41, 5.74) is 4.67. The van der Waals surface area contributed by atoms with Crippen molar-refractivity contribution in [3.63, 3.8) is 0 Å². The third-order valence-electron chi connectivity index (χ3n) is 6.03. The largest absolute Gasteiger partial charge is 0.415 e. The number of amides is 1. The molecule has 1 fully saturated rings. The molecule has 0 spiro atoms. The number of benzene rings is 1. The van der Waals surface area contributed by atoms with Crippen molar-refractivity contribution in [3.05, 3.63) is 89.5 Å². The quantitative estimate of drug-likeness (QED) is 0.518. The Morgan fingerprint density at radius 3 is 2.39 bits per heavy atom. The van der Waals surface area contributed by atoms with Crippen molar-refractivity contribution in [1.82, 2.24) is 19.8 Å². The fraction of sp³-hybridized carbons (Fsp3) is 0.370. The van der Waals surface area contributed by atoms with Gasteiger partial charge in [-0.15, -0.1) is 0 Å². The van der Waals surface area contributed by atoms with Gasteiger partial charge in [-0.2, -0.15) is 0 Å². The molecular formula is C27H32N4O2. The monoisotopic (exact) mass is 444 g/mol. The van der Waals surface area contributed by atoms with Gasteiger partial charge in [0.2, 0.25) is 0 Å². The molecule has 1 aliphatic rings. The fourth-order valence-electron chi connectivity index (χ4n) is 4.08. The van der Waals surface area contributed by atoms with Crippen molar-refractivity contribution < 1.29 is 9.53 Å². The van der Waals surface area contributed by atoms with Gasteiger partial charge in [-0.25, -0.2) is 4.79 Å². The third-order valence-corrected chi connectivity index (χ3v) is 6.03. The number of pyridine rings is 2. The highest BCUT2D eigenvalue weighted by Crippen LogP contribution is 2.16. The summed E-state index contributed by atoms with van der Waals surface area (Å²) in [6.07, 6.45) is 7.31. The van der Waals surface area contributed by atoms with Gasteiger partial charge in [0, 0.05) is 50.0 Å². The van der Waals surface area contributed by atoms with Crippen molar-refractivity contribution in [2.45, 2.75) is 32.6 Å². The molecule has 1 amide bonds. The Hall–Kier alpha value is -3.25.